The number of aromatic nitrogens is 2. The van der Waals surface area contributed by atoms with Crippen molar-refractivity contribution in [3.05, 3.63) is 89.7 Å². The van der Waals surface area contributed by atoms with E-state index in [0.29, 0.717) is 10.9 Å². The van der Waals surface area contributed by atoms with Crippen LogP contribution in [0.5, 0.6) is 0 Å². The zero-order valence-corrected chi connectivity index (χ0v) is 18.5. The van der Waals surface area contributed by atoms with Crippen LogP contribution in [0, 0.1) is 13.8 Å². The van der Waals surface area contributed by atoms with Crippen molar-refractivity contribution < 1.29 is 21.0 Å². The second kappa shape index (κ2) is 7.92. The van der Waals surface area contributed by atoms with Gasteiger partial charge in [-0.05, 0) is 55.8 Å². The Morgan fingerprint density at radius 1 is 0.806 bits per heavy atom. The van der Waals surface area contributed by atoms with Crippen molar-refractivity contribution in [1.29, 1.82) is 0 Å². The lowest BCUT2D eigenvalue weighted by atomic mass is 10.2. The molecule has 160 valence electrons. The van der Waals surface area contributed by atoms with Crippen molar-refractivity contribution in [2.24, 2.45) is 0 Å². The third-order valence-corrected chi connectivity index (χ3v) is 7.86. The minimum absolute atomic E-state index is 0.0583. The molecule has 4 rings (SSSR count). The quantitative estimate of drug-likeness (QED) is 0.410. The van der Waals surface area contributed by atoms with Crippen LogP contribution >= 0.6 is 0 Å². The third kappa shape index (κ3) is 4.12. The lowest BCUT2D eigenvalue weighted by Gasteiger charge is -2.09. The Kier molecular flexibility index (Phi) is 5.42. The zero-order valence-electron chi connectivity index (χ0n) is 16.9. The number of aryl methyl sites for hydroxylation is 2. The fraction of sp³-hybridized carbons (Fsp3) is 0.136. The topological polar surface area (TPSA) is 95.3 Å². The minimum atomic E-state index is -3.96. The van der Waals surface area contributed by atoms with Crippen molar-refractivity contribution in [3.8, 4) is 0 Å². The van der Waals surface area contributed by atoms with Crippen LogP contribution in [-0.2, 0) is 30.9 Å². The van der Waals surface area contributed by atoms with Gasteiger partial charge in [-0.25, -0.2) is 17.4 Å². The molecule has 0 aliphatic carbocycles. The Bertz CT molecular complexity index is 1450. The number of fused-ring (bicyclic) bond motifs is 1. The Hall–Kier alpha value is -3.01. The molecular formula is C22H20N2O5S2. The summed E-state index contributed by atoms with van der Waals surface area (Å²) in [5.41, 5.74) is 2.60. The Morgan fingerprint density at radius 3 is 2.00 bits per heavy atom. The highest BCUT2D eigenvalue weighted by molar-refractivity contribution is 7.90. The van der Waals surface area contributed by atoms with Crippen LogP contribution in [-0.4, -0.2) is 25.8 Å². The molecule has 2 aromatic heterocycles. The summed E-state index contributed by atoms with van der Waals surface area (Å²) < 4.78 is 57.4. The summed E-state index contributed by atoms with van der Waals surface area (Å²) in [6.07, 6.45) is 2.84. The van der Waals surface area contributed by atoms with Crippen LogP contribution < -0.4 is 0 Å². The number of hydrogen-bond acceptors (Lipinski definition) is 6. The van der Waals surface area contributed by atoms with Crippen LogP contribution in [0.25, 0.3) is 11.0 Å². The first-order chi connectivity index (χ1) is 14.7. The first kappa shape index (κ1) is 21.2. The summed E-state index contributed by atoms with van der Waals surface area (Å²) in [7, 11) is -7.81. The molecule has 31 heavy (non-hydrogen) atoms. The van der Waals surface area contributed by atoms with E-state index in [1.807, 2.05) is 13.8 Å². The van der Waals surface area contributed by atoms with Gasteiger partial charge in [0.1, 0.15) is 0 Å². The van der Waals surface area contributed by atoms with E-state index in [1.165, 1.54) is 36.7 Å². The van der Waals surface area contributed by atoms with Gasteiger partial charge in [0.25, 0.3) is 20.1 Å². The van der Waals surface area contributed by atoms with Gasteiger partial charge in [-0.1, -0.05) is 35.4 Å². The molecule has 0 N–H and O–H groups in total. The van der Waals surface area contributed by atoms with Crippen molar-refractivity contribution in [2.75, 3.05) is 0 Å². The van der Waals surface area contributed by atoms with Gasteiger partial charge in [0.15, 0.2) is 5.65 Å². The summed E-state index contributed by atoms with van der Waals surface area (Å²) >= 11 is 0. The molecule has 4 aromatic rings. The standard InChI is InChI=1S/C22H20N2O5S2/c1-16-3-7-19(8-4-16)30(25,26)24-14-12-21-18(11-13-23-22(21)24)15-29-31(27,28)20-9-5-17(2)6-10-20/h3-14H,15H2,1-2H3. The lowest BCUT2D eigenvalue weighted by Crippen LogP contribution is -2.12. The molecule has 0 aliphatic heterocycles. The largest absolute Gasteiger partial charge is 0.297 e. The van der Waals surface area contributed by atoms with Crippen molar-refractivity contribution in [3.63, 3.8) is 0 Å². The van der Waals surface area contributed by atoms with Gasteiger partial charge in [0, 0.05) is 17.8 Å². The fourth-order valence-electron chi connectivity index (χ4n) is 3.13. The molecule has 2 heterocycles. The molecule has 0 aliphatic rings. The van der Waals surface area contributed by atoms with Crippen molar-refractivity contribution in [1.82, 2.24) is 8.96 Å². The number of pyridine rings is 1. The van der Waals surface area contributed by atoms with E-state index in [4.69, 9.17) is 4.18 Å². The Morgan fingerprint density at radius 2 is 1.39 bits per heavy atom. The van der Waals surface area contributed by atoms with Gasteiger partial charge >= 0.3 is 0 Å². The van der Waals surface area contributed by atoms with Crippen LogP contribution in [0.1, 0.15) is 16.7 Å². The minimum Gasteiger partial charge on any atom is -0.262 e. The van der Waals surface area contributed by atoms with Crippen LogP contribution in [0.4, 0.5) is 0 Å². The summed E-state index contributed by atoms with van der Waals surface area (Å²) in [6.45, 7) is 3.49. The maximum Gasteiger partial charge on any atom is 0.297 e. The van der Waals surface area contributed by atoms with E-state index in [0.717, 1.165) is 15.1 Å². The molecule has 0 amide bonds. The number of nitrogens with zero attached hydrogens (tertiary/aromatic N) is 2. The average molecular weight is 457 g/mol. The monoisotopic (exact) mass is 456 g/mol. The van der Waals surface area contributed by atoms with Crippen LogP contribution in [0.3, 0.4) is 0 Å². The van der Waals surface area contributed by atoms with Crippen molar-refractivity contribution >= 4 is 31.2 Å². The van der Waals surface area contributed by atoms with E-state index in [2.05, 4.69) is 4.98 Å². The molecule has 7 nitrogen and oxygen atoms in total. The van der Waals surface area contributed by atoms with E-state index in [9.17, 15) is 16.8 Å². The van der Waals surface area contributed by atoms with Gasteiger partial charge in [-0.15, -0.1) is 0 Å². The predicted molar refractivity (Wildman–Crippen MR) is 117 cm³/mol. The van der Waals surface area contributed by atoms with E-state index >= 15 is 0 Å². The normalized spacial score (nSPS) is 12.3. The van der Waals surface area contributed by atoms with E-state index in [-0.39, 0.29) is 22.0 Å². The number of hydrogen-bond donors (Lipinski definition) is 0. The molecule has 2 aromatic carbocycles. The Balaban J connectivity index is 1.66. The maximum atomic E-state index is 13.1. The van der Waals surface area contributed by atoms with E-state index in [1.54, 1.807) is 36.4 Å². The lowest BCUT2D eigenvalue weighted by molar-refractivity contribution is 0.309. The average Bonchev–Trinajstić information content (AvgIpc) is 3.18. The van der Waals surface area contributed by atoms with Crippen molar-refractivity contribution in [2.45, 2.75) is 30.2 Å². The van der Waals surface area contributed by atoms with Gasteiger partial charge in [-0.3, -0.25) is 4.18 Å². The van der Waals surface area contributed by atoms with Gasteiger partial charge in [0.05, 0.1) is 16.4 Å². The summed E-state index contributed by atoms with van der Waals surface area (Å²) in [5, 5.41) is 0.497. The molecule has 0 radical (unpaired) electrons. The molecular weight excluding hydrogens is 436 g/mol. The highest BCUT2D eigenvalue weighted by Gasteiger charge is 2.21. The van der Waals surface area contributed by atoms with Crippen LogP contribution in [0.15, 0.2) is 82.8 Å². The predicted octanol–water partition coefficient (Wildman–Crippen LogP) is 3.80. The Labute approximate surface area is 181 Å². The fourth-order valence-corrected chi connectivity index (χ4v) is 5.32. The first-order valence-electron chi connectivity index (χ1n) is 9.42. The number of benzene rings is 2. The second-order valence-electron chi connectivity index (χ2n) is 7.17. The van der Waals surface area contributed by atoms with Gasteiger partial charge in [0.2, 0.25) is 0 Å². The maximum absolute atomic E-state index is 13.1. The molecule has 9 heteroatoms. The first-order valence-corrected chi connectivity index (χ1v) is 12.3. The SMILES string of the molecule is Cc1ccc(S(=O)(=O)OCc2ccnc3c2ccn3S(=O)(=O)c2ccc(C)cc2)cc1. The van der Waals surface area contributed by atoms with E-state index < -0.39 is 20.1 Å². The smallest absolute Gasteiger partial charge is 0.262 e. The highest BCUT2D eigenvalue weighted by Crippen LogP contribution is 2.25. The molecule has 0 saturated carbocycles. The second-order valence-corrected chi connectivity index (χ2v) is 10.6. The summed E-state index contributed by atoms with van der Waals surface area (Å²) in [6, 6.07) is 16.1. The third-order valence-electron chi connectivity index (χ3n) is 4.90. The molecule has 0 fully saturated rings. The van der Waals surface area contributed by atoms with Crippen LogP contribution in [0.2, 0.25) is 0 Å². The zero-order chi connectivity index (χ0) is 22.2. The highest BCUT2D eigenvalue weighted by atomic mass is 32.2. The molecule has 0 saturated heterocycles. The molecule has 0 bridgehead atoms. The van der Waals surface area contributed by atoms with Gasteiger partial charge < -0.3 is 0 Å². The van der Waals surface area contributed by atoms with Gasteiger partial charge in [-0.2, -0.15) is 8.42 Å². The number of rotatable bonds is 6. The molecule has 0 spiro atoms. The summed E-state index contributed by atoms with van der Waals surface area (Å²) in [5.74, 6) is 0. The molecule has 0 unspecified atom stereocenters. The molecule has 0 atom stereocenters. The summed E-state index contributed by atoms with van der Waals surface area (Å²) in [4.78, 5) is 4.40.